The first-order valence-electron chi connectivity index (χ1n) is 6.80. The third kappa shape index (κ3) is 3.68. The van der Waals surface area contributed by atoms with E-state index in [9.17, 15) is 4.79 Å². The summed E-state index contributed by atoms with van der Waals surface area (Å²) in [5.74, 6) is 0.178. The lowest BCUT2D eigenvalue weighted by molar-refractivity contribution is -0.145. The van der Waals surface area contributed by atoms with Gasteiger partial charge in [-0.2, -0.15) is 0 Å². The molecule has 0 bridgehead atoms. The van der Waals surface area contributed by atoms with E-state index in [0.29, 0.717) is 0 Å². The van der Waals surface area contributed by atoms with E-state index in [2.05, 4.69) is 11.8 Å². The number of nitrogens with zero attached hydrogens (tertiary/aromatic N) is 1. The van der Waals surface area contributed by atoms with Gasteiger partial charge in [-0.1, -0.05) is 19.8 Å². The molecule has 4 heteroatoms. The number of unbranched alkanes of at least 4 members (excludes halogenated alkanes) is 1. The van der Waals surface area contributed by atoms with Crippen LogP contribution in [0.25, 0.3) is 0 Å². The fourth-order valence-electron chi connectivity index (χ4n) is 2.59. The molecule has 0 saturated carbocycles. The zero-order valence-electron chi connectivity index (χ0n) is 10.7. The van der Waals surface area contributed by atoms with Gasteiger partial charge in [-0.15, -0.1) is 0 Å². The number of morpholine rings is 1. The number of rotatable bonds is 5. The molecule has 2 saturated heterocycles. The van der Waals surface area contributed by atoms with Gasteiger partial charge in [0.05, 0.1) is 19.1 Å². The maximum absolute atomic E-state index is 11.7. The summed E-state index contributed by atoms with van der Waals surface area (Å²) in [6.07, 6.45) is 4.30. The van der Waals surface area contributed by atoms with Crippen molar-refractivity contribution in [3.63, 3.8) is 0 Å². The van der Waals surface area contributed by atoms with Crippen LogP contribution in [-0.2, 0) is 14.3 Å². The van der Waals surface area contributed by atoms with Crippen molar-refractivity contribution in [3.05, 3.63) is 0 Å². The molecule has 2 aliphatic rings. The second-order valence-corrected chi connectivity index (χ2v) is 5.05. The number of hydrogen-bond acceptors (Lipinski definition) is 4. The Morgan fingerprint density at radius 3 is 2.82 bits per heavy atom. The highest BCUT2D eigenvalue weighted by molar-refractivity contribution is 5.74. The van der Waals surface area contributed by atoms with Crippen molar-refractivity contribution < 1.29 is 14.3 Å². The number of carbonyl (C=O) groups is 1. The maximum atomic E-state index is 11.7. The molecule has 0 aromatic heterocycles. The summed E-state index contributed by atoms with van der Waals surface area (Å²) in [6.45, 7) is 6.59. The zero-order chi connectivity index (χ0) is 12.1. The quantitative estimate of drug-likeness (QED) is 0.683. The summed E-state index contributed by atoms with van der Waals surface area (Å²) in [4.78, 5) is 14.0. The highest BCUT2D eigenvalue weighted by atomic mass is 16.6. The van der Waals surface area contributed by atoms with Crippen molar-refractivity contribution in [1.29, 1.82) is 0 Å². The molecule has 17 heavy (non-hydrogen) atoms. The van der Waals surface area contributed by atoms with E-state index in [1.165, 1.54) is 0 Å². The minimum absolute atomic E-state index is 0.0247. The van der Waals surface area contributed by atoms with Crippen LogP contribution in [0.1, 0.15) is 32.6 Å². The van der Waals surface area contributed by atoms with Crippen LogP contribution >= 0.6 is 0 Å². The number of hydrogen-bond donors (Lipinski definition) is 0. The lowest BCUT2D eigenvalue weighted by Crippen LogP contribution is -2.40. The minimum Gasteiger partial charge on any atom is -0.461 e. The first-order valence-corrected chi connectivity index (χ1v) is 6.80. The van der Waals surface area contributed by atoms with Crippen molar-refractivity contribution in [2.75, 3.05) is 32.8 Å². The van der Waals surface area contributed by atoms with E-state index < -0.39 is 0 Å². The summed E-state index contributed by atoms with van der Waals surface area (Å²) in [7, 11) is 0. The van der Waals surface area contributed by atoms with Gasteiger partial charge in [-0.25, -0.2) is 0 Å². The number of esters is 1. The second kappa shape index (κ2) is 6.36. The summed E-state index contributed by atoms with van der Waals surface area (Å²) in [5.41, 5.74) is 0. The van der Waals surface area contributed by atoms with Gasteiger partial charge in [0.15, 0.2) is 0 Å². The van der Waals surface area contributed by atoms with Gasteiger partial charge in [-0.05, 0) is 12.8 Å². The summed E-state index contributed by atoms with van der Waals surface area (Å²) < 4.78 is 10.8. The van der Waals surface area contributed by atoms with E-state index in [0.717, 1.165) is 58.5 Å². The molecule has 0 amide bonds. The molecule has 2 rings (SSSR count). The Balaban J connectivity index is 1.73. The molecule has 0 spiro atoms. The smallest absolute Gasteiger partial charge is 0.309 e. The van der Waals surface area contributed by atoms with Crippen molar-refractivity contribution in [3.8, 4) is 0 Å². The van der Waals surface area contributed by atoms with Crippen LogP contribution in [0.4, 0.5) is 0 Å². The van der Waals surface area contributed by atoms with Crippen molar-refractivity contribution in [2.45, 2.75) is 38.7 Å². The molecule has 2 fully saturated rings. The molecule has 0 radical (unpaired) electrons. The van der Waals surface area contributed by atoms with Gasteiger partial charge in [0.2, 0.25) is 0 Å². The van der Waals surface area contributed by atoms with Gasteiger partial charge >= 0.3 is 5.97 Å². The van der Waals surface area contributed by atoms with Gasteiger partial charge in [-0.3, -0.25) is 9.69 Å². The molecule has 98 valence electrons. The standard InChI is InChI=1S/C13H23NO3/c1-2-3-4-11-9-12(17-13(11)15)10-14-5-7-16-8-6-14/h11-12H,2-10H2,1H3. The molecule has 0 N–H and O–H groups in total. The molecular weight excluding hydrogens is 218 g/mol. The third-order valence-electron chi connectivity index (χ3n) is 3.64. The molecule has 0 aromatic rings. The van der Waals surface area contributed by atoms with Crippen LogP contribution in [0.2, 0.25) is 0 Å². The lowest BCUT2D eigenvalue weighted by atomic mass is 9.98. The van der Waals surface area contributed by atoms with E-state index in [1.54, 1.807) is 0 Å². The van der Waals surface area contributed by atoms with Crippen LogP contribution in [0.5, 0.6) is 0 Å². The SMILES string of the molecule is CCCCC1CC(CN2CCOCC2)OC1=O. The Labute approximate surface area is 103 Å². The molecule has 2 aliphatic heterocycles. The van der Waals surface area contributed by atoms with Gasteiger partial charge in [0.25, 0.3) is 0 Å². The Morgan fingerprint density at radius 2 is 2.12 bits per heavy atom. The topological polar surface area (TPSA) is 38.8 Å². The molecule has 0 aromatic carbocycles. The monoisotopic (exact) mass is 241 g/mol. The fraction of sp³-hybridized carbons (Fsp3) is 0.923. The zero-order valence-corrected chi connectivity index (χ0v) is 10.7. The summed E-state index contributed by atoms with van der Waals surface area (Å²) >= 11 is 0. The minimum atomic E-state index is 0.0247. The molecule has 0 aliphatic carbocycles. The molecule has 2 atom stereocenters. The second-order valence-electron chi connectivity index (χ2n) is 5.05. The predicted molar refractivity (Wildman–Crippen MR) is 64.8 cm³/mol. The number of ether oxygens (including phenoxy) is 2. The summed E-state index contributed by atoms with van der Waals surface area (Å²) in [5, 5.41) is 0. The molecule has 2 unspecified atom stereocenters. The van der Waals surface area contributed by atoms with Crippen LogP contribution < -0.4 is 0 Å². The van der Waals surface area contributed by atoms with Gasteiger partial charge < -0.3 is 9.47 Å². The molecule has 4 nitrogen and oxygen atoms in total. The average Bonchev–Trinajstić information content (AvgIpc) is 2.68. The van der Waals surface area contributed by atoms with Crippen LogP contribution in [0.15, 0.2) is 0 Å². The highest BCUT2D eigenvalue weighted by Crippen LogP contribution is 2.26. The first-order chi connectivity index (χ1) is 8.29. The van der Waals surface area contributed by atoms with Crippen molar-refractivity contribution in [2.24, 2.45) is 5.92 Å². The maximum Gasteiger partial charge on any atom is 0.309 e. The molecular formula is C13H23NO3. The average molecular weight is 241 g/mol. The van der Waals surface area contributed by atoms with Crippen molar-refractivity contribution >= 4 is 5.97 Å². The normalized spacial score (nSPS) is 30.5. The summed E-state index contributed by atoms with van der Waals surface area (Å²) in [6, 6.07) is 0. The Hall–Kier alpha value is -0.610. The van der Waals surface area contributed by atoms with Gasteiger partial charge in [0.1, 0.15) is 6.10 Å². The van der Waals surface area contributed by atoms with Crippen LogP contribution in [0.3, 0.4) is 0 Å². The van der Waals surface area contributed by atoms with E-state index >= 15 is 0 Å². The van der Waals surface area contributed by atoms with E-state index in [1.807, 2.05) is 0 Å². The Kier molecular flexibility index (Phi) is 4.80. The number of carbonyl (C=O) groups excluding carboxylic acids is 1. The van der Waals surface area contributed by atoms with Crippen LogP contribution in [-0.4, -0.2) is 49.8 Å². The predicted octanol–water partition coefficient (Wildman–Crippen LogP) is 1.44. The van der Waals surface area contributed by atoms with Crippen LogP contribution in [0, 0.1) is 5.92 Å². The fourth-order valence-corrected chi connectivity index (χ4v) is 2.59. The molecule has 2 heterocycles. The Bertz CT molecular complexity index is 251. The lowest BCUT2D eigenvalue weighted by Gasteiger charge is -2.28. The third-order valence-corrected chi connectivity index (χ3v) is 3.64. The highest BCUT2D eigenvalue weighted by Gasteiger charge is 2.34. The van der Waals surface area contributed by atoms with E-state index in [4.69, 9.17) is 9.47 Å². The number of cyclic esters (lactones) is 1. The largest absolute Gasteiger partial charge is 0.461 e. The first kappa shape index (κ1) is 12.8. The van der Waals surface area contributed by atoms with E-state index in [-0.39, 0.29) is 18.0 Å². The van der Waals surface area contributed by atoms with Gasteiger partial charge in [0, 0.05) is 19.6 Å². The van der Waals surface area contributed by atoms with Crippen molar-refractivity contribution in [1.82, 2.24) is 4.90 Å². The Morgan fingerprint density at radius 1 is 1.35 bits per heavy atom.